The maximum absolute atomic E-state index is 12.6. The molecule has 2 aliphatic rings. The Labute approximate surface area is 144 Å². The number of amides is 1. The first-order valence-corrected chi connectivity index (χ1v) is 9.19. The van der Waals surface area contributed by atoms with Crippen LogP contribution in [-0.2, 0) is 9.59 Å². The second kappa shape index (κ2) is 9.96. The van der Waals surface area contributed by atoms with Gasteiger partial charge in [0.1, 0.15) is 0 Å². The molecule has 2 fully saturated rings. The molecule has 2 N–H and O–H groups in total. The summed E-state index contributed by atoms with van der Waals surface area (Å²) >= 11 is 0. The zero-order valence-electron chi connectivity index (χ0n) is 14.4. The minimum Gasteiger partial charge on any atom is -0.785 e. The molecule has 0 radical (unpaired) electrons. The van der Waals surface area contributed by atoms with Crippen molar-refractivity contribution in [2.24, 2.45) is 11.8 Å². The fourth-order valence-corrected chi connectivity index (χ4v) is 3.65. The molecule has 24 heavy (non-hydrogen) atoms. The van der Waals surface area contributed by atoms with Gasteiger partial charge in [0.15, 0.2) is 0 Å². The predicted molar refractivity (Wildman–Crippen MR) is 91.3 cm³/mol. The number of likely N-dealkylation sites (tertiary alicyclic amines) is 1. The van der Waals surface area contributed by atoms with Crippen LogP contribution in [0.2, 0.25) is 0 Å². The van der Waals surface area contributed by atoms with Gasteiger partial charge in [0.2, 0.25) is 5.91 Å². The third-order valence-electron chi connectivity index (χ3n) is 5.21. The van der Waals surface area contributed by atoms with Crippen molar-refractivity contribution in [3.63, 3.8) is 0 Å². The lowest BCUT2D eigenvalue weighted by molar-refractivity contribution is -0.139. The maximum atomic E-state index is 12.6. The third kappa shape index (κ3) is 6.37. The molecule has 7 nitrogen and oxygen atoms in total. The molecule has 1 unspecified atom stereocenters. The van der Waals surface area contributed by atoms with Gasteiger partial charge in [-0.05, 0) is 70.6 Å². The zero-order chi connectivity index (χ0) is 17.4. The lowest BCUT2D eigenvalue weighted by Crippen LogP contribution is -2.43. The highest BCUT2D eigenvalue weighted by atomic mass is 16.5. The number of carboxylic acids is 1. The predicted octanol–water partition coefficient (Wildman–Crippen LogP) is 1.28. The van der Waals surface area contributed by atoms with Crippen molar-refractivity contribution in [1.82, 2.24) is 15.3 Å². The monoisotopic (exact) mass is 340 g/mol. The molecule has 2 saturated heterocycles. The second-order valence-corrected chi connectivity index (χ2v) is 7.01. The van der Waals surface area contributed by atoms with E-state index in [1.54, 1.807) is 0 Å². The van der Waals surface area contributed by atoms with Crippen LogP contribution in [-0.4, -0.2) is 66.2 Å². The number of aliphatic carboxylic acids is 1. The summed E-state index contributed by atoms with van der Waals surface area (Å²) in [4.78, 5) is 25.0. The van der Waals surface area contributed by atoms with E-state index in [0.29, 0.717) is 12.3 Å². The molecule has 138 valence electrons. The number of rotatable bonds is 9. The molecule has 1 amide bonds. The van der Waals surface area contributed by atoms with Crippen molar-refractivity contribution in [1.29, 1.82) is 0 Å². The normalized spacial score (nSPS) is 23.0. The van der Waals surface area contributed by atoms with E-state index in [-0.39, 0.29) is 31.3 Å². The van der Waals surface area contributed by atoms with Gasteiger partial charge in [-0.3, -0.25) is 9.59 Å². The topological polar surface area (TPSA) is 95.9 Å². The van der Waals surface area contributed by atoms with Gasteiger partial charge >= 0.3 is 5.97 Å². The summed E-state index contributed by atoms with van der Waals surface area (Å²) in [5, 5.41) is 24.4. The largest absolute Gasteiger partial charge is 0.785 e. The molecule has 0 aromatic heterocycles. The average Bonchev–Trinajstić information content (AvgIpc) is 2.59. The van der Waals surface area contributed by atoms with Crippen molar-refractivity contribution < 1.29 is 14.7 Å². The van der Waals surface area contributed by atoms with Gasteiger partial charge in [0.05, 0.1) is 6.42 Å². The number of carboxylic acid groups (broad SMARTS) is 1. The van der Waals surface area contributed by atoms with Gasteiger partial charge < -0.3 is 25.6 Å². The first kappa shape index (κ1) is 19.1. The molecule has 0 bridgehead atoms. The molecule has 0 aliphatic carbocycles. The van der Waals surface area contributed by atoms with Crippen LogP contribution in [0.25, 0.3) is 0 Å². The molecule has 0 aromatic carbocycles. The van der Waals surface area contributed by atoms with Crippen molar-refractivity contribution in [3.05, 3.63) is 5.21 Å². The minimum absolute atomic E-state index is 0.00429. The molecule has 2 aliphatic heterocycles. The van der Waals surface area contributed by atoms with E-state index in [9.17, 15) is 14.8 Å². The second-order valence-electron chi connectivity index (χ2n) is 7.01. The number of hydrogen-bond donors (Lipinski definition) is 2. The molecular formula is C17H30N3O4-. The Bertz CT molecular complexity index is 413. The van der Waals surface area contributed by atoms with Gasteiger partial charge in [0.25, 0.3) is 0 Å². The van der Waals surface area contributed by atoms with E-state index in [4.69, 9.17) is 5.11 Å². The van der Waals surface area contributed by atoms with Gasteiger partial charge in [-0.1, -0.05) is 0 Å². The molecule has 0 aromatic rings. The van der Waals surface area contributed by atoms with E-state index in [1.165, 1.54) is 12.8 Å². The summed E-state index contributed by atoms with van der Waals surface area (Å²) in [5.41, 5.74) is 0. The SMILES string of the molecule is O=C(O)CCN([O-])CCC1CCCN(CCC2CCNCC2)C1=O. The molecule has 7 heteroatoms. The maximum Gasteiger partial charge on any atom is 0.304 e. The van der Waals surface area contributed by atoms with Gasteiger partial charge in [-0.25, -0.2) is 0 Å². The lowest BCUT2D eigenvalue weighted by atomic mass is 9.91. The number of hydroxylamine groups is 2. The highest BCUT2D eigenvalue weighted by Gasteiger charge is 2.28. The van der Waals surface area contributed by atoms with E-state index < -0.39 is 5.97 Å². The quantitative estimate of drug-likeness (QED) is 0.614. The summed E-state index contributed by atoms with van der Waals surface area (Å²) < 4.78 is 0. The summed E-state index contributed by atoms with van der Waals surface area (Å²) in [6.45, 7) is 4.07. The summed E-state index contributed by atoms with van der Waals surface area (Å²) in [6.07, 6.45) is 5.69. The molecule has 1 atom stereocenters. The van der Waals surface area contributed by atoms with E-state index in [0.717, 1.165) is 50.5 Å². The van der Waals surface area contributed by atoms with Crippen LogP contribution >= 0.6 is 0 Å². The Balaban J connectivity index is 1.69. The highest BCUT2D eigenvalue weighted by Crippen LogP contribution is 2.23. The average molecular weight is 340 g/mol. The molecule has 0 spiro atoms. The molecule has 2 heterocycles. The van der Waals surface area contributed by atoms with Crippen molar-refractivity contribution >= 4 is 11.9 Å². The Kier molecular flexibility index (Phi) is 7.94. The van der Waals surface area contributed by atoms with Gasteiger partial charge in [-0.2, -0.15) is 0 Å². The number of nitrogens with zero attached hydrogens (tertiary/aromatic N) is 2. The summed E-state index contributed by atoms with van der Waals surface area (Å²) in [7, 11) is 0. The lowest BCUT2D eigenvalue weighted by Gasteiger charge is -2.35. The zero-order valence-corrected chi connectivity index (χ0v) is 14.4. The smallest absolute Gasteiger partial charge is 0.304 e. The number of piperidine rings is 2. The van der Waals surface area contributed by atoms with E-state index in [2.05, 4.69) is 5.32 Å². The van der Waals surface area contributed by atoms with Gasteiger partial charge in [-0.15, -0.1) is 0 Å². The first-order chi connectivity index (χ1) is 11.6. The van der Waals surface area contributed by atoms with Gasteiger partial charge in [0, 0.05) is 19.0 Å². The Hall–Kier alpha value is -1.18. The Morgan fingerprint density at radius 3 is 2.71 bits per heavy atom. The Morgan fingerprint density at radius 1 is 1.25 bits per heavy atom. The number of nitrogens with one attached hydrogen (secondary N) is 1. The van der Waals surface area contributed by atoms with Crippen LogP contribution in [0.1, 0.15) is 44.9 Å². The van der Waals surface area contributed by atoms with Crippen molar-refractivity contribution in [3.8, 4) is 0 Å². The van der Waals surface area contributed by atoms with Crippen molar-refractivity contribution in [2.45, 2.75) is 44.9 Å². The van der Waals surface area contributed by atoms with Crippen LogP contribution in [0.3, 0.4) is 0 Å². The van der Waals surface area contributed by atoms with Crippen molar-refractivity contribution in [2.75, 3.05) is 39.3 Å². The fraction of sp³-hybridized carbons (Fsp3) is 0.882. The third-order valence-corrected chi connectivity index (χ3v) is 5.21. The first-order valence-electron chi connectivity index (χ1n) is 9.19. The van der Waals surface area contributed by atoms with Crippen LogP contribution in [0.5, 0.6) is 0 Å². The number of hydrogen-bond acceptors (Lipinski definition) is 5. The van der Waals surface area contributed by atoms with Crippen LogP contribution in [0.15, 0.2) is 0 Å². The van der Waals surface area contributed by atoms with Crippen LogP contribution < -0.4 is 5.32 Å². The molecule has 0 saturated carbocycles. The van der Waals surface area contributed by atoms with Crippen LogP contribution in [0, 0.1) is 17.0 Å². The minimum atomic E-state index is -0.964. The van der Waals surface area contributed by atoms with E-state index in [1.807, 2.05) is 4.90 Å². The van der Waals surface area contributed by atoms with E-state index >= 15 is 0 Å². The highest BCUT2D eigenvalue weighted by molar-refractivity contribution is 5.79. The molecular weight excluding hydrogens is 310 g/mol. The number of carbonyl (C=O) groups excluding carboxylic acids is 1. The summed E-state index contributed by atoms with van der Waals surface area (Å²) in [6, 6.07) is 0. The fourth-order valence-electron chi connectivity index (χ4n) is 3.65. The number of carbonyl (C=O) groups is 2. The summed E-state index contributed by atoms with van der Waals surface area (Å²) in [5.74, 6) is -0.142. The Morgan fingerprint density at radius 2 is 2.00 bits per heavy atom. The standard InChI is InChI=1S/C17H30N3O4/c21-16(22)7-13-20(24)12-6-15-2-1-10-19(17(15)23)11-5-14-3-8-18-9-4-14/h14-15,18H,1-13H2,(H,21,22)/q-1. The molecule has 2 rings (SSSR count). The van der Waals surface area contributed by atoms with Crippen LogP contribution in [0.4, 0.5) is 0 Å².